The SMILES string of the molecule is Cc1nn(C)c(C)c1Cn1cncc1[C@H](C)N. The van der Waals surface area contributed by atoms with Gasteiger partial charge in [-0.15, -0.1) is 0 Å². The normalized spacial score (nSPS) is 13.0. The van der Waals surface area contributed by atoms with Gasteiger partial charge in [0.25, 0.3) is 0 Å². The highest BCUT2D eigenvalue weighted by Gasteiger charge is 2.13. The Hall–Kier alpha value is -1.62. The molecule has 1 atom stereocenters. The van der Waals surface area contributed by atoms with Crippen molar-refractivity contribution in [2.75, 3.05) is 0 Å². The summed E-state index contributed by atoms with van der Waals surface area (Å²) in [7, 11) is 1.96. The molecule has 0 saturated heterocycles. The first-order valence-corrected chi connectivity index (χ1v) is 5.75. The van der Waals surface area contributed by atoms with Gasteiger partial charge in [-0.3, -0.25) is 4.68 Å². The van der Waals surface area contributed by atoms with Crippen molar-refractivity contribution in [3.63, 3.8) is 0 Å². The Kier molecular flexibility index (Phi) is 3.02. The number of hydrogen-bond donors (Lipinski definition) is 1. The van der Waals surface area contributed by atoms with E-state index in [1.807, 2.05) is 38.1 Å². The Bertz CT molecular complexity index is 521. The second-order valence-electron chi connectivity index (χ2n) is 4.51. The molecule has 0 amide bonds. The van der Waals surface area contributed by atoms with E-state index in [4.69, 9.17) is 5.73 Å². The van der Waals surface area contributed by atoms with Crippen LogP contribution in [0.5, 0.6) is 0 Å². The van der Waals surface area contributed by atoms with Crippen LogP contribution in [0.2, 0.25) is 0 Å². The monoisotopic (exact) mass is 233 g/mol. The summed E-state index contributed by atoms with van der Waals surface area (Å²) in [6.07, 6.45) is 3.65. The molecule has 0 bridgehead atoms. The quantitative estimate of drug-likeness (QED) is 0.869. The van der Waals surface area contributed by atoms with E-state index in [0.717, 1.165) is 17.9 Å². The summed E-state index contributed by atoms with van der Waals surface area (Å²) in [6, 6.07) is -0.00483. The van der Waals surface area contributed by atoms with E-state index in [9.17, 15) is 0 Å². The molecule has 92 valence electrons. The molecule has 5 nitrogen and oxygen atoms in total. The van der Waals surface area contributed by atoms with Crippen molar-refractivity contribution in [2.24, 2.45) is 12.8 Å². The molecule has 0 radical (unpaired) electrons. The molecule has 0 unspecified atom stereocenters. The zero-order chi connectivity index (χ0) is 12.6. The summed E-state index contributed by atoms with van der Waals surface area (Å²) >= 11 is 0. The topological polar surface area (TPSA) is 61.7 Å². The Morgan fingerprint density at radius 3 is 2.65 bits per heavy atom. The minimum Gasteiger partial charge on any atom is -0.329 e. The minimum absolute atomic E-state index is 0.00483. The van der Waals surface area contributed by atoms with Gasteiger partial charge in [-0.05, 0) is 20.8 Å². The van der Waals surface area contributed by atoms with Crippen LogP contribution in [0.1, 0.15) is 35.6 Å². The van der Waals surface area contributed by atoms with Crippen LogP contribution in [-0.4, -0.2) is 19.3 Å². The highest BCUT2D eigenvalue weighted by molar-refractivity contribution is 5.25. The molecule has 2 N–H and O–H groups in total. The Morgan fingerprint density at radius 2 is 2.12 bits per heavy atom. The summed E-state index contributed by atoms with van der Waals surface area (Å²) < 4.78 is 3.99. The van der Waals surface area contributed by atoms with Crippen LogP contribution in [0.25, 0.3) is 0 Å². The Morgan fingerprint density at radius 1 is 1.41 bits per heavy atom. The van der Waals surface area contributed by atoms with Crippen LogP contribution in [0, 0.1) is 13.8 Å². The molecule has 0 aromatic carbocycles. The third-order valence-electron chi connectivity index (χ3n) is 3.20. The number of nitrogens with two attached hydrogens (primary N) is 1. The molecule has 0 aliphatic carbocycles. The van der Waals surface area contributed by atoms with Crippen LogP contribution in [0.15, 0.2) is 12.5 Å². The van der Waals surface area contributed by atoms with Crippen molar-refractivity contribution in [1.82, 2.24) is 19.3 Å². The Labute approximate surface area is 101 Å². The lowest BCUT2D eigenvalue weighted by Crippen LogP contribution is -2.13. The average Bonchev–Trinajstić information content (AvgIpc) is 2.80. The van der Waals surface area contributed by atoms with Crippen molar-refractivity contribution < 1.29 is 0 Å². The summed E-state index contributed by atoms with van der Waals surface area (Å²) in [6.45, 7) is 6.86. The van der Waals surface area contributed by atoms with E-state index in [1.165, 1.54) is 11.3 Å². The first kappa shape index (κ1) is 11.9. The van der Waals surface area contributed by atoms with Crippen molar-refractivity contribution in [2.45, 2.75) is 33.4 Å². The third-order valence-corrected chi connectivity index (χ3v) is 3.20. The predicted octanol–water partition coefficient (Wildman–Crippen LogP) is 1.30. The van der Waals surface area contributed by atoms with Gasteiger partial charge in [0.05, 0.1) is 24.3 Å². The molecule has 0 spiro atoms. The van der Waals surface area contributed by atoms with Crippen LogP contribution >= 0.6 is 0 Å². The van der Waals surface area contributed by atoms with Crippen molar-refractivity contribution in [3.8, 4) is 0 Å². The zero-order valence-electron chi connectivity index (χ0n) is 10.8. The predicted molar refractivity (Wildman–Crippen MR) is 66.6 cm³/mol. The summed E-state index contributed by atoms with van der Waals surface area (Å²) in [5.41, 5.74) is 10.5. The number of hydrogen-bond acceptors (Lipinski definition) is 3. The number of aryl methyl sites for hydroxylation is 2. The van der Waals surface area contributed by atoms with Crippen molar-refractivity contribution >= 4 is 0 Å². The first-order chi connectivity index (χ1) is 8.00. The van der Waals surface area contributed by atoms with Crippen LogP contribution in [-0.2, 0) is 13.6 Å². The lowest BCUT2D eigenvalue weighted by molar-refractivity contribution is 0.669. The van der Waals surface area contributed by atoms with E-state index in [0.29, 0.717) is 0 Å². The second-order valence-corrected chi connectivity index (χ2v) is 4.51. The molecule has 2 heterocycles. The fourth-order valence-electron chi connectivity index (χ4n) is 2.06. The molecule has 5 heteroatoms. The summed E-state index contributed by atoms with van der Waals surface area (Å²) in [5.74, 6) is 0. The lowest BCUT2D eigenvalue weighted by Gasteiger charge is -2.11. The maximum Gasteiger partial charge on any atom is 0.0951 e. The smallest absolute Gasteiger partial charge is 0.0951 e. The minimum atomic E-state index is -0.00483. The van der Waals surface area contributed by atoms with Gasteiger partial charge in [-0.25, -0.2) is 4.98 Å². The van der Waals surface area contributed by atoms with E-state index >= 15 is 0 Å². The van der Waals surface area contributed by atoms with Crippen LogP contribution in [0.3, 0.4) is 0 Å². The van der Waals surface area contributed by atoms with Crippen LogP contribution in [0.4, 0.5) is 0 Å². The molecular formula is C12H19N5. The standard InChI is InChI=1S/C12H19N5/c1-8(13)12-5-14-7-17(12)6-11-9(2)15-16(4)10(11)3/h5,7-8H,6,13H2,1-4H3/t8-/m0/s1. The molecule has 17 heavy (non-hydrogen) atoms. The molecule has 2 aromatic heterocycles. The summed E-state index contributed by atoms with van der Waals surface area (Å²) in [4.78, 5) is 4.16. The highest BCUT2D eigenvalue weighted by atomic mass is 15.3. The van der Waals surface area contributed by atoms with Gasteiger partial charge in [0.1, 0.15) is 0 Å². The molecule has 0 aliphatic heterocycles. The second kappa shape index (κ2) is 4.33. The van der Waals surface area contributed by atoms with Gasteiger partial charge < -0.3 is 10.3 Å². The van der Waals surface area contributed by atoms with Crippen molar-refractivity contribution in [3.05, 3.63) is 35.2 Å². The fraction of sp³-hybridized carbons (Fsp3) is 0.500. The maximum atomic E-state index is 5.91. The summed E-state index contributed by atoms with van der Waals surface area (Å²) in [5, 5.41) is 4.42. The zero-order valence-corrected chi connectivity index (χ0v) is 10.8. The van der Waals surface area contributed by atoms with Gasteiger partial charge in [0, 0.05) is 30.5 Å². The van der Waals surface area contributed by atoms with E-state index in [2.05, 4.69) is 21.6 Å². The molecule has 0 saturated carbocycles. The van der Waals surface area contributed by atoms with Crippen molar-refractivity contribution in [1.29, 1.82) is 0 Å². The molecule has 2 rings (SSSR count). The number of rotatable bonds is 3. The number of aromatic nitrogens is 4. The highest BCUT2D eigenvalue weighted by Crippen LogP contribution is 2.16. The maximum absolute atomic E-state index is 5.91. The van der Waals surface area contributed by atoms with E-state index in [-0.39, 0.29) is 6.04 Å². The van der Waals surface area contributed by atoms with Gasteiger partial charge in [0.2, 0.25) is 0 Å². The number of nitrogens with zero attached hydrogens (tertiary/aromatic N) is 4. The molecular weight excluding hydrogens is 214 g/mol. The first-order valence-electron chi connectivity index (χ1n) is 5.75. The van der Waals surface area contributed by atoms with E-state index < -0.39 is 0 Å². The average molecular weight is 233 g/mol. The molecule has 0 fully saturated rings. The van der Waals surface area contributed by atoms with E-state index in [1.54, 1.807) is 0 Å². The fourth-order valence-corrected chi connectivity index (χ4v) is 2.06. The van der Waals surface area contributed by atoms with Gasteiger partial charge >= 0.3 is 0 Å². The van der Waals surface area contributed by atoms with Gasteiger partial charge in [-0.1, -0.05) is 0 Å². The largest absolute Gasteiger partial charge is 0.329 e. The Balaban J connectivity index is 2.35. The lowest BCUT2D eigenvalue weighted by atomic mass is 10.2. The molecule has 2 aromatic rings. The third kappa shape index (κ3) is 2.10. The molecule has 0 aliphatic rings. The van der Waals surface area contributed by atoms with Gasteiger partial charge in [0.15, 0.2) is 0 Å². The van der Waals surface area contributed by atoms with Gasteiger partial charge in [-0.2, -0.15) is 5.10 Å². The van der Waals surface area contributed by atoms with Crippen LogP contribution < -0.4 is 5.73 Å². The number of imidazole rings is 1.